The summed E-state index contributed by atoms with van der Waals surface area (Å²) in [5, 5.41) is 0. The van der Waals surface area contributed by atoms with E-state index in [0.29, 0.717) is 58.9 Å². The number of hydrogen-bond donors (Lipinski definition) is 2. The molecule has 0 fully saturated rings. The maximum atomic E-state index is 6.23. The molecule has 0 saturated carbocycles. The lowest BCUT2D eigenvalue weighted by molar-refractivity contribution is 0.341. The average Bonchev–Trinajstić information content (AvgIpc) is 2.69. The van der Waals surface area contributed by atoms with Gasteiger partial charge < -0.3 is 20.9 Å². The zero-order chi connectivity index (χ0) is 19.9. The molecule has 1 aliphatic carbocycles. The summed E-state index contributed by atoms with van der Waals surface area (Å²) in [6, 6.07) is 15.1. The second kappa shape index (κ2) is 8.90. The summed E-state index contributed by atoms with van der Waals surface area (Å²) in [4.78, 5) is 9.24. The summed E-state index contributed by atoms with van der Waals surface area (Å²) in [5.74, 6) is 1.39. The molecule has 2 aromatic rings. The van der Waals surface area contributed by atoms with E-state index in [9.17, 15) is 0 Å². The maximum Gasteiger partial charge on any atom is 0.144 e. The van der Waals surface area contributed by atoms with E-state index in [-0.39, 0.29) is 0 Å². The SMILES string of the molecule is CCOc1ccccc1N=C1C=C(N)C(=Nc2ccccc2OCC)C=C1N. The molecule has 1 aliphatic rings. The first-order valence-corrected chi connectivity index (χ1v) is 9.18. The third-order valence-electron chi connectivity index (χ3n) is 3.99. The third kappa shape index (κ3) is 4.40. The monoisotopic (exact) mass is 376 g/mol. The Kier molecular flexibility index (Phi) is 6.11. The lowest BCUT2D eigenvalue weighted by atomic mass is 10.1. The number of ether oxygens (including phenoxy) is 2. The molecule has 28 heavy (non-hydrogen) atoms. The Morgan fingerprint density at radius 1 is 0.679 bits per heavy atom. The van der Waals surface area contributed by atoms with Crippen LogP contribution in [0.5, 0.6) is 11.5 Å². The third-order valence-corrected chi connectivity index (χ3v) is 3.99. The number of nitrogens with two attached hydrogens (primary N) is 2. The van der Waals surface area contributed by atoms with Crippen LogP contribution in [0.2, 0.25) is 0 Å². The molecular weight excluding hydrogens is 352 g/mol. The topological polar surface area (TPSA) is 95.2 Å². The first kappa shape index (κ1) is 19.2. The van der Waals surface area contributed by atoms with Gasteiger partial charge in [0, 0.05) is 0 Å². The molecule has 0 unspecified atom stereocenters. The largest absolute Gasteiger partial charge is 0.492 e. The van der Waals surface area contributed by atoms with Crippen molar-refractivity contribution in [2.45, 2.75) is 13.8 Å². The van der Waals surface area contributed by atoms with Crippen molar-refractivity contribution in [1.29, 1.82) is 0 Å². The highest BCUT2D eigenvalue weighted by Gasteiger charge is 2.15. The highest BCUT2D eigenvalue weighted by Crippen LogP contribution is 2.30. The number of hydrogen-bond acceptors (Lipinski definition) is 6. The fourth-order valence-corrected chi connectivity index (χ4v) is 2.72. The van der Waals surface area contributed by atoms with Crippen molar-refractivity contribution in [3.8, 4) is 11.5 Å². The van der Waals surface area contributed by atoms with Crippen molar-refractivity contribution in [2.24, 2.45) is 21.5 Å². The van der Waals surface area contributed by atoms with E-state index in [1.54, 1.807) is 12.2 Å². The Balaban J connectivity index is 1.95. The van der Waals surface area contributed by atoms with Gasteiger partial charge in [0.15, 0.2) is 0 Å². The number of aliphatic imine (C=N–C) groups is 2. The molecule has 0 spiro atoms. The van der Waals surface area contributed by atoms with E-state index >= 15 is 0 Å². The summed E-state index contributed by atoms with van der Waals surface area (Å²) >= 11 is 0. The minimum Gasteiger partial charge on any atom is -0.492 e. The second-order valence-corrected chi connectivity index (χ2v) is 5.99. The molecule has 0 amide bonds. The molecule has 0 atom stereocenters. The van der Waals surface area contributed by atoms with Gasteiger partial charge in [-0.3, -0.25) is 0 Å². The molecule has 0 aliphatic heterocycles. The van der Waals surface area contributed by atoms with Crippen molar-refractivity contribution in [3.63, 3.8) is 0 Å². The number of para-hydroxylation sites is 4. The molecule has 3 rings (SSSR count). The van der Waals surface area contributed by atoms with Crippen LogP contribution in [0.1, 0.15) is 13.8 Å². The first-order chi connectivity index (χ1) is 13.6. The molecule has 6 heteroatoms. The van der Waals surface area contributed by atoms with Crippen LogP contribution in [-0.2, 0) is 0 Å². The predicted octanol–water partition coefficient (Wildman–Crippen LogP) is 4.03. The molecule has 0 bridgehead atoms. The van der Waals surface area contributed by atoms with Crippen LogP contribution in [-0.4, -0.2) is 24.6 Å². The zero-order valence-corrected chi connectivity index (χ0v) is 16.1. The molecule has 4 N–H and O–H groups in total. The van der Waals surface area contributed by atoms with Crippen LogP contribution in [0, 0.1) is 0 Å². The van der Waals surface area contributed by atoms with Crippen LogP contribution < -0.4 is 20.9 Å². The van der Waals surface area contributed by atoms with Crippen molar-refractivity contribution in [1.82, 2.24) is 0 Å². The Morgan fingerprint density at radius 3 is 1.46 bits per heavy atom. The van der Waals surface area contributed by atoms with E-state index in [1.807, 2.05) is 62.4 Å². The summed E-state index contributed by atoms with van der Waals surface area (Å²) in [6.45, 7) is 4.97. The van der Waals surface area contributed by atoms with Gasteiger partial charge in [0.25, 0.3) is 0 Å². The molecule has 144 valence electrons. The van der Waals surface area contributed by atoms with Gasteiger partial charge in [-0.25, -0.2) is 9.98 Å². The van der Waals surface area contributed by atoms with Gasteiger partial charge in [-0.1, -0.05) is 24.3 Å². The van der Waals surface area contributed by atoms with Gasteiger partial charge in [-0.05, 0) is 50.3 Å². The summed E-state index contributed by atoms with van der Waals surface area (Å²) in [6.07, 6.45) is 3.44. The van der Waals surface area contributed by atoms with Crippen molar-refractivity contribution in [3.05, 3.63) is 72.1 Å². The Hall–Kier alpha value is -3.54. The fraction of sp³-hybridized carbons (Fsp3) is 0.182. The molecular formula is C22H24N4O2. The Labute approximate surface area is 164 Å². The molecule has 0 aromatic heterocycles. The first-order valence-electron chi connectivity index (χ1n) is 9.18. The second-order valence-electron chi connectivity index (χ2n) is 5.99. The van der Waals surface area contributed by atoms with E-state index in [0.717, 1.165) is 0 Å². The van der Waals surface area contributed by atoms with E-state index < -0.39 is 0 Å². The summed E-state index contributed by atoms with van der Waals surface area (Å²) in [5.41, 5.74) is 16.0. The number of rotatable bonds is 6. The lowest BCUT2D eigenvalue weighted by Gasteiger charge is -2.14. The van der Waals surface area contributed by atoms with E-state index in [1.165, 1.54) is 0 Å². The Morgan fingerprint density at radius 2 is 1.07 bits per heavy atom. The minimum atomic E-state index is 0.480. The number of benzene rings is 2. The maximum absolute atomic E-state index is 6.23. The smallest absolute Gasteiger partial charge is 0.144 e. The molecule has 0 heterocycles. The van der Waals surface area contributed by atoms with Crippen molar-refractivity contribution < 1.29 is 9.47 Å². The van der Waals surface area contributed by atoms with Gasteiger partial charge in [0.2, 0.25) is 0 Å². The summed E-state index contributed by atoms with van der Waals surface area (Å²) < 4.78 is 11.2. The van der Waals surface area contributed by atoms with E-state index in [2.05, 4.69) is 9.98 Å². The van der Waals surface area contributed by atoms with E-state index in [4.69, 9.17) is 20.9 Å². The highest BCUT2D eigenvalue weighted by molar-refractivity contribution is 6.24. The van der Waals surface area contributed by atoms with Gasteiger partial charge in [0.1, 0.15) is 22.9 Å². The minimum absolute atomic E-state index is 0.480. The highest BCUT2D eigenvalue weighted by atomic mass is 16.5. The van der Waals surface area contributed by atoms with Gasteiger partial charge in [-0.15, -0.1) is 0 Å². The van der Waals surface area contributed by atoms with Gasteiger partial charge in [0.05, 0.1) is 36.0 Å². The molecule has 0 saturated heterocycles. The van der Waals surface area contributed by atoms with Crippen molar-refractivity contribution in [2.75, 3.05) is 13.2 Å². The van der Waals surface area contributed by atoms with Crippen LogP contribution >= 0.6 is 0 Å². The summed E-state index contributed by atoms with van der Waals surface area (Å²) in [7, 11) is 0. The standard InChI is InChI=1S/C22H24N4O2/c1-3-27-21-11-7-5-9-17(21)25-19-13-16(24)20(14-15(19)23)26-18-10-6-8-12-22(18)28-4-2/h5-14H,3-4,23-24H2,1-2H3. The predicted molar refractivity (Wildman–Crippen MR) is 114 cm³/mol. The van der Waals surface area contributed by atoms with Gasteiger partial charge >= 0.3 is 0 Å². The van der Waals surface area contributed by atoms with Crippen LogP contribution in [0.3, 0.4) is 0 Å². The number of allylic oxidation sites excluding steroid dienone is 2. The quantitative estimate of drug-likeness (QED) is 0.744. The molecule has 2 aromatic carbocycles. The van der Waals surface area contributed by atoms with Crippen molar-refractivity contribution >= 4 is 22.8 Å². The molecule has 0 radical (unpaired) electrons. The van der Waals surface area contributed by atoms with Crippen LogP contribution in [0.15, 0.2) is 82.1 Å². The van der Waals surface area contributed by atoms with Crippen LogP contribution in [0.25, 0.3) is 0 Å². The van der Waals surface area contributed by atoms with Crippen LogP contribution in [0.4, 0.5) is 11.4 Å². The van der Waals surface area contributed by atoms with Gasteiger partial charge in [-0.2, -0.15) is 0 Å². The normalized spacial score (nSPS) is 16.6. The molecule has 6 nitrogen and oxygen atoms in total. The zero-order valence-electron chi connectivity index (χ0n) is 16.1. The number of nitrogens with zero attached hydrogens (tertiary/aromatic N) is 2. The fourth-order valence-electron chi connectivity index (χ4n) is 2.72. The average molecular weight is 376 g/mol. The lowest BCUT2D eigenvalue weighted by Crippen LogP contribution is -2.22. The Bertz CT molecular complexity index is 895.